The molecule has 3 rings (SSSR count). The lowest BCUT2D eigenvalue weighted by atomic mass is 10.2. The number of aromatic nitrogens is 2. The second-order valence-electron chi connectivity index (χ2n) is 5.22. The fourth-order valence-corrected chi connectivity index (χ4v) is 3.76. The van der Waals surface area contributed by atoms with Gasteiger partial charge >= 0.3 is 5.97 Å². The lowest BCUT2D eigenvalue weighted by Gasteiger charge is -2.02. The van der Waals surface area contributed by atoms with E-state index in [2.05, 4.69) is 10.3 Å². The summed E-state index contributed by atoms with van der Waals surface area (Å²) in [6.07, 6.45) is 1.56. The van der Waals surface area contributed by atoms with Gasteiger partial charge < -0.3 is 10.4 Å². The number of nitrogens with zero attached hydrogens (tertiary/aromatic N) is 2. The number of carboxylic acid groups (broad SMARTS) is 1. The summed E-state index contributed by atoms with van der Waals surface area (Å²) in [5, 5.41) is 11.7. The number of carbonyl (C=O) groups is 2. The SMILES string of the molecule is Cc1c(C(=O)NCCC(=O)O)sc2nc3n(c(=O)c12)CCC3. The van der Waals surface area contributed by atoms with E-state index in [9.17, 15) is 14.4 Å². The van der Waals surface area contributed by atoms with E-state index in [1.165, 1.54) is 11.3 Å². The van der Waals surface area contributed by atoms with Crippen molar-refractivity contribution < 1.29 is 14.7 Å². The van der Waals surface area contributed by atoms with Crippen LogP contribution in [0, 0.1) is 6.92 Å². The largest absolute Gasteiger partial charge is 0.481 e. The first-order chi connectivity index (χ1) is 10.5. The van der Waals surface area contributed by atoms with Crippen molar-refractivity contribution in [1.29, 1.82) is 0 Å². The number of aryl methyl sites for hydroxylation is 2. The van der Waals surface area contributed by atoms with E-state index in [1.807, 2.05) is 0 Å². The molecule has 7 nitrogen and oxygen atoms in total. The third-order valence-corrected chi connectivity index (χ3v) is 4.93. The van der Waals surface area contributed by atoms with Gasteiger partial charge in [-0.3, -0.25) is 19.0 Å². The van der Waals surface area contributed by atoms with Crippen LogP contribution < -0.4 is 10.9 Å². The highest BCUT2D eigenvalue weighted by Crippen LogP contribution is 2.28. The van der Waals surface area contributed by atoms with E-state index < -0.39 is 5.97 Å². The van der Waals surface area contributed by atoms with Crippen LogP contribution in [0.4, 0.5) is 0 Å². The molecule has 2 aromatic heterocycles. The molecule has 0 aliphatic carbocycles. The molecule has 0 atom stereocenters. The van der Waals surface area contributed by atoms with Crippen LogP contribution in [0.25, 0.3) is 10.2 Å². The topological polar surface area (TPSA) is 101 Å². The van der Waals surface area contributed by atoms with Gasteiger partial charge in [-0.2, -0.15) is 0 Å². The first-order valence-electron chi connectivity index (χ1n) is 7.02. The Labute approximate surface area is 129 Å². The summed E-state index contributed by atoms with van der Waals surface area (Å²) < 4.78 is 1.67. The van der Waals surface area contributed by atoms with Crippen LogP contribution in [0.2, 0.25) is 0 Å². The molecule has 1 aliphatic heterocycles. The Balaban J connectivity index is 1.97. The maximum atomic E-state index is 12.5. The van der Waals surface area contributed by atoms with Gasteiger partial charge in [0.05, 0.1) is 16.7 Å². The Kier molecular flexibility index (Phi) is 3.69. The second kappa shape index (κ2) is 5.53. The van der Waals surface area contributed by atoms with Crippen molar-refractivity contribution in [3.05, 3.63) is 26.6 Å². The fraction of sp³-hybridized carbons (Fsp3) is 0.429. The molecular weight excluding hydrogens is 306 g/mol. The van der Waals surface area contributed by atoms with Crippen molar-refractivity contribution in [3.8, 4) is 0 Å². The lowest BCUT2D eigenvalue weighted by molar-refractivity contribution is -0.136. The predicted molar refractivity (Wildman–Crippen MR) is 81.5 cm³/mol. The standard InChI is InChI=1S/C14H15N3O4S/c1-7-10-13(16-8-3-2-6-17(8)14(10)21)22-11(7)12(20)15-5-4-9(18)19/h2-6H2,1H3,(H,15,20)(H,18,19). The van der Waals surface area contributed by atoms with E-state index in [-0.39, 0.29) is 24.4 Å². The summed E-state index contributed by atoms with van der Waals surface area (Å²) >= 11 is 1.19. The normalized spacial score (nSPS) is 13.3. The van der Waals surface area contributed by atoms with Gasteiger partial charge in [0.25, 0.3) is 11.5 Å². The molecule has 0 radical (unpaired) electrons. The number of carbonyl (C=O) groups excluding carboxylic acids is 1. The van der Waals surface area contributed by atoms with Gasteiger partial charge in [-0.05, 0) is 18.9 Å². The van der Waals surface area contributed by atoms with Crippen molar-refractivity contribution in [2.75, 3.05) is 6.54 Å². The minimum atomic E-state index is -0.968. The Bertz CT molecular complexity index is 837. The third kappa shape index (κ3) is 2.39. The zero-order chi connectivity index (χ0) is 15.9. The molecule has 2 aromatic rings. The van der Waals surface area contributed by atoms with Gasteiger partial charge in [0, 0.05) is 19.5 Å². The molecule has 0 aromatic carbocycles. The van der Waals surface area contributed by atoms with Crippen molar-refractivity contribution in [1.82, 2.24) is 14.9 Å². The molecule has 0 fully saturated rings. The van der Waals surface area contributed by atoms with Crippen molar-refractivity contribution in [2.45, 2.75) is 32.7 Å². The van der Waals surface area contributed by atoms with Gasteiger partial charge in [0.1, 0.15) is 10.7 Å². The van der Waals surface area contributed by atoms with E-state index in [4.69, 9.17) is 5.11 Å². The predicted octanol–water partition coefficient (Wildman–Crippen LogP) is 0.917. The summed E-state index contributed by atoms with van der Waals surface area (Å²) in [6.45, 7) is 2.47. The average molecular weight is 321 g/mol. The molecule has 0 spiro atoms. The highest BCUT2D eigenvalue weighted by atomic mass is 32.1. The van der Waals surface area contributed by atoms with Gasteiger partial charge in [0.2, 0.25) is 0 Å². The molecular formula is C14H15N3O4S. The molecule has 3 heterocycles. The quantitative estimate of drug-likeness (QED) is 0.872. The number of hydrogen-bond donors (Lipinski definition) is 2. The van der Waals surface area contributed by atoms with Crippen LogP contribution in [-0.2, 0) is 17.8 Å². The Morgan fingerprint density at radius 3 is 2.95 bits per heavy atom. The minimum absolute atomic E-state index is 0.0603. The number of amides is 1. The van der Waals surface area contributed by atoms with Crippen LogP contribution >= 0.6 is 11.3 Å². The van der Waals surface area contributed by atoms with E-state index in [0.29, 0.717) is 27.2 Å². The Morgan fingerprint density at radius 1 is 1.45 bits per heavy atom. The molecule has 116 valence electrons. The molecule has 1 aliphatic rings. The van der Waals surface area contributed by atoms with Crippen LogP contribution in [0.5, 0.6) is 0 Å². The number of fused-ring (bicyclic) bond motifs is 2. The number of carboxylic acids is 1. The zero-order valence-electron chi connectivity index (χ0n) is 12.0. The number of thiophene rings is 1. The molecule has 0 unspecified atom stereocenters. The number of nitrogens with one attached hydrogen (secondary N) is 1. The molecule has 8 heteroatoms. The van der Waals surface area contributed by atoms with Gasteiger partial charge in [-0.25, -0.2) is 4.98 Å². The van der Waals surface area contributed by atoms with E-state index in [1.54, 1.807) is 11.5 Å². The Morgan fingerprint density at radius 2 is 2.23 bits per heavy atom. The summed E-state index contributed by atoms with van der Waals surface area (Å²) in [6, 6.07) is 0. The highest BCUT2D eigenvalue weighted by Gasteiger charge is 2.23. The maximum absolute atomic E-state index is 12.5. The first kappa shape index (κ1) is 14.7. The summed E-state index contributed by atoms with van der Waals surface area (Å²) in [5.41, 5.74) is 0.531. The number of hydrogen-bond acceptors (Lipinski definition) is 5. The maximum Gasteiger partial charge on any atom is 0.305 e. The molecule has 22 heavy (non-hydrogen) atoms. The van der Waals surface area contributed by atoms with Gasteiger partial charge in [-0.1, -0.05) is 0 Å². The van der Waals surface area contributed by atoms with Crippen molar-refractivity contribution in [3.63, 3.8) is 0 Å². The summed E-state index contributed by atoms with van der Waals surface area (Å²) in [7, 11) is 0. The highest BCUT2D eigenvalue weighted by molar-refractivity contribution is 7.20. The van der Waals surface area contributed by atoms with Gasteiger partial charge in [-0.15, -0.1) is 11.3 Å². The third-order valence-electron chi connectivity index (χ3n) is 3.74. The van der Waals surface area contributed by atoms with Crippen LogP contribution in [0.3, 0.4) is 0 Å². The molecule has 0 saturated carbocycles. The molecule has 2 N–H and O–H groups in total. The molecule has 0 saturated heterocycles. The second-order valence-corrected chi connectivity index (χ2v) is 6.22. The summed E-state index contributed by atoms with van der Waals surface area (Å²) in [5.74, 6) is -0.549. The first-order valence-corrected chi connectivity index (χ1v) is 7.83. The number of aliphatic carboxylic acids is 1. The van der Waals surface area contributed by atoms with Gasteiger partial charge in [0.15, 0.2) is 0 Å². The molecule has 1 amide bonds. The monoisotopic (exact) mass is 321 g/mol. The fourth-order valence-electron chi connectivity index (χ4n) is 2.66. The lowest BCUT2D eigenvalue weighted by Crippen LogP contribution is -2.26. The summed E-state index contributed by atoms with van der Waals surface area (Å²) in [4.78, 5) is 40.6. The molecule has 0 bridgehead atoms. The van der Waals surface area contributed by atoms with Crippen LogP contribution in [-0.4, -0.2) is 33.1 Å². The van der Waals surface area contributed by atoms with E-state index in [0.717, 1.165) is 18.7 Å². The van der Waals surface area contributed by atoms with Crippen molar-refractivity contribution >= 4 is 33.4 Å². The smallest absolute Gasteiger partial charge is 0.305 e. The Hall–Kier alpha value is -2.22. The number of rotatable bonds is 4. The van der Waals surface area contributed by atoms with E-state index >= 15 is 0 Å². The zero-order valence-corrected chi connectivity index (χ0v) is 12.8. The minimum Gasteiger partial charge on any atom is -0.481 e. The van der Waals surface area contributed by atoms with Crippen LogP contribution in [0.15, 0.2) is 4.79 Å². The van der Waals surface area contributed by atoms with Crippen molar-refractivity contribution in [2.24, 2.45) is 0 Å². The average Bonchev–Trinajstić information content (AvgIpc) is 3.04. The van der Waals surface area contributed by atoms with Crippen LogP contribution in [0.1, 0.15) is 33.9 Å².